The number of hydrogen-bond donors (Lipinski definition) is 0. The van der Waals surface area contributed by atoms with Crippen molar-refractivity contribution < 1.29 is 9.53 Å². The average Bonchev–Trinajstić information content (AvgIpc) is 2.59. The monoisotopic (exact) mass is 272 g/mol. The van der Waals surface area contributed by atoms with Gasteiger partial charge >= 0.3 is 0 Å². The van der Waals surface area contributed by atoms with E-state index in [0.717, 1.165) is 17.3 Å². The molecule has 0 aliphatic carbocycles. The SMILES string of the molecule is Cn1ncc(Br)c1C(=O)C1CCOCC1. The number of nitrogens with zero attached hydrogens (tertiary/aromatic N) is 2. The minimum Gasteiger partial charge on any atom is -0.381 e. The minimum atomic E-state index is 0.0884. The highest BCUT2D eigenvalue weighted by Crippen LogP contribution is 2.24. The van der Waals surface area contributed by atoms with Gasteiger partial charge in [0.15, 0.2) is 5.78 Å². The normalized spacial score (nSPS) is 18.0. The Kier molecular flexibility index (Phi) is 3.21. The Morgan fingerprint density at radius 2 is 2.27 bits per heavy atom. The van der Waals surface area contributed by atoms with E-state index in [4.69, 9.17) is 4.74 Å². The Labute approximate surface area is 96.7 Å². The quantitative estimate of drug-likeness (QED) is 0.772. The summed E-state index contributed by atoms with van der Waals surface area (Å²) in [5.74, 6) is 0.260. The molecular formula is C10H13BrN2O2. The van der Waals surface area contributed by atoms with Crippen LogP contribution in [0.5, 0.6) is 0 Å². The van der Waals surface area contributed by atoms with Crippen LogP contribution in [0, 0.1) is 5.92 Å². The van der Waals surface area contributed by atoms with Crippen molar-refractivity contribution in [2.24, 2.45) is 13.0 Å². The van der Waals surface area contributed by atoms with Crippen molar-refractivity contribution in [1.82, 2.24) is 9.78 Å². The second-order valence-corrected chi connectivity index (χ2v) is 4.57. The fraction of sp³-hybridized carbons (Fsp3) is 0.600. The first-order valence-corrected chi connectivity index (χ1v) is 5.79. The summed E-state index contributed by atoms with van der Waals surface area (Å²) in [6.45, 7) is 1.37. The van der Waals surface area contributed by atoms with E-state index < -0.39 is 0 Å². The van der Waals surface area contributed by atoms with Gasteiger partial charge in [-0.3, -0.25) is 9.48 Å². The lowest BCUT2D eigenvalue weighted by Crippen LogP contribution is -2.25. The molecular weight excluding hydrogens is 260 g/mol. The molecule has 15 heavy (non-hydrogen) atoms. The van der Waals surface area contributed by atoms with Crippen LogP contribution in [0.25, 0.3) is 0 Å². The van der Waals surface area contributed by atoms with E-state index in [1.807, 2.05) is 0 Å². The molecule has 2 rings (SSSR count). The van der Waals surface area contributed by atoms with E-state index >= 15 is 0 Å². The van der Waals surface area contributed by atoms with E-state index in [0.29, 0.717) is 18.9 Å². The second-order valence-electron chi connectivity index (χ2n) is 3.72. The van der Waals surface area contributed by atoms with Crippen molar-refractivity contribution in [1.29, 1.82) is 0 Å². The molecule has 2 heterocycles. The maximum absolute atomic E-state index is 12.2. The molecule has 1 aromatic heterocycles. The molecule has 1 saturated heterocycles. The number of hydrogen-bond acceptors (Lipinski definition) is 3. The molecule has 1 aliphatic heterocycles. The minimum absolute atomic E-state index is 0.0884. The van der Waals surface area contributed by atoms with Crippen LogP contribution in [0.1, 0.15) is 23.3 Å². The summed E-state index contributed by atoms with van der Waals surface area (Å²) in [5.41, 5.74) is 0.668. The van der Waals surface area contributed by atoms with Gasteiger partial charge in [0.2, 0.25) is 0 Å². The number of aromatic nitrogens is 2. The molecule has 0 aromatic carbocycles. The third kappa shape index (κ3) is 2.13. The highest BCUT2D eigenvalue weighted by molar-refractivity contribution is 9.10. The topological polar surface area (TPSA) is 44.1 Å². The van der Waals surface area contributed by atoms with E-state index in [1.165, 1.54) is 0 Å². The Hall–Kier alpha value is -0.680. The summed E-state index contributed by atoms with van der Waals surface area (Å²) in [4.78, 5) is 12.2. The molecule has 4 nitrogen and oxygen atoms in total. The number of Topliss-reactive ketones (excluding diaryl/α,β-unsaturated/α-hetero) is 1. The van der Waals surface area contributed by atoms with Gasteiger partial charge in [0, 0.05) is 26.2 Å². The fourth-order valence-corrected chi connectivity index (χ4v) is 2.38. The Balaban J connectivity index is 2.19. The molecule has 0 spiro atoms. The molecule has 82 valence electrons. The predicted molar refractivity (Wildman–Crippen MR) is 58.8 cm³/mol. The largest absolute Gasteiger partial charge is 0.381 e. The molecule has 0 atom stereocenters. The third-order valence-electron chi connectivity index (χ3n) is 2.72. The highest BCUT2D eigenvalue weighted by atomic mass is 79.9. The maximum atomic E-state index is 12.2. The van der Waals surface area contributed by atoms with Crippen LogP contribution in [-0.2, 0) is 11.8 Å². The first-order chi connectivity index (χ1) is 7.20. The molecule has 0 amide bonds. The summed E-state index contributed by atoms with van der Waals surface area (Å²) >= 11 is 3.35. The van der Waals surface area contributed by atoms with Gasteiger partial charge in [-0.25, -0.2) is 0 Å². The van der Waals surface area contributed by atoms with Crippen LogP contribution in [0.3, 0.4) is 0 Å². The Morgan fingerprint density at radius 3 is 2.80 bits per heavy atom. The van der Waals surface area contributed by atoms with E-state index in [9.17, 15) is 4.79 Å². The van der Waals surface area contributed by atoms with Crippen molar-refractivity contribution >= 4 is 21.7 Å². The number of carbonyl (C=O) groups excluding carboxylic acids is 1. The molecule has 0 saturated carbocycles. The number of aryl methyl sites for hydroxylation is 1. The smallest absolute Gasteiger partial charge is 0.185 e. The summed E-state index contributed by atoms with van der Waals surface area (Å²) in [5, 5.41) is 4.05. The lowest BCUT2D eigenvalue weighted by Gasteiger charge is -2.20. The molecule has 0 N–H and O–H groups in total. The van der Waals surface area contributed by atoms with Crippen molar-refractivity contribution in [2.45, 2.75) is 12.8 Å². The maximum Gasteiger partial charge on any atom is 0.185 e. The predicted octanol–water partition coefficient (Wildman–Crippen LogP) is 1.79. The van der Waals surface area contributed by atoms with E-state index in [1.54, 1.807) is 17.9 Å². The van der Waals surface area contributed by atoms with E-state index in [2.05, 4.69) is 21.0 Å². The van der Waals surface area contributed by atoms with Crippen LogP contribution in [0.15, 0.2) is 10.7 Å². The molecule has 0 radical (unpaired) electrons. The molecule has 0 bridgehead atoms. The van der Waals surface area contributed by atoms with Crippen LogP contribution in [0.4, 0.5) is 0 Å². The van der Waals surface area contributed by atoms with Gasteiger partial charge in [0.1, 0.15) is 5.69 Å². The number of ether oxygens (including phenoxy) is 1. The van der Waals surface area contributed by atoms with Gasteiger partial charge in [0.25, 0.3) is 0 Å². The Morgan fingerprint density at radius 1 is 1.60 bits per heavy atom. The second kappa shape index (κ2) is 4.45. The van der Waals surface area contributed by atoms with E-state index in [-0.39, 0.29) is 11.7 Å². The van der Waals surface area contributed by atoms with Gasteiger partial charge in [-0.1, -0.05) is 0 Å². The number of ketones is 1. The zero-order valence-corrected chi connectivity index (χ0v) is 10.2. The van der Waals surface area contributed by atoms with Crippen molar-refractivity contribution in [2.75, 3.05) is 13.2 Å². The van der Waals surface area contributed by atoms with Gasteiger partial charge in [-0.15, -0.1) is 0 Å². The van der Waals surface area contributed by atoms with Crippen LogP contribution in [0.2, 0.25) is 0 Å². The van der Waals surface area contributed by atoms with Crippen LogP contribution < -0.4 is 0 Å². The Bertz CT molecular complexity index is 350. The highest BCUT2D eigenvalue weighted by Gasteiger charge is 2.26. The molecule has 0 unspecified atom stereocenters. The van der Waals surface area contributed by atoms with Gasteiger partial charge in [0.05, 0.1) is 10.7 Å². The third-order valence-corrected chi connectivity index (χ3v) is 3.30. The summed E-state index contributed by atoms with van der Waals surface area (Å²) in [6.07, 6.45) is 3.29. The lowest BCUT2D eigenvalue weighted by atomic mass is 9.93. The number of carbonyl (C=O) groups is 1. The lowest BCUT2D eigenvalue weighted by molar-refractivity contribution is 0.0538. The van der Waals surface area contributed by atoms with Crippen molar-refractivity contribution in [3.05, 3.63) is 16.4 Å². The van der Waals surface area contributed by atoms with Gasteiger partial charge < -0.3 is 4.74 Å². The summed E-state index contributed by atoms with van der Waals surface area (Å²) in [6, 6.07) is 0. The zero-order chi connectivity index (χ0) is 10.8. The first kappa shape index (κ1) is 10.8. The molecule has 1 fully saturated rings. The average molecular weight is 273 g/mol. The van der Waals surface area contributed by atoms with Gasteiger partial charge in [-0.05, 0) is 28.8 Å². The zero-order valence-electron chi connectivity index (χ0n) is 8.57. The molecule has 1 aromatic rings. The standard InChI is InChI=1S/C10H13BrN2O2/c1-13-9(8(11)6-12-13)10(14)7-2-4-15-5-3-7/h6-7H,2-5H2,1H3. The molecule has 5 heteroatoms. The molecule has 1 aliphatic rings. The summed E-state index contributed by atoms with van der Waals surface area (Å²) < 4.78 is 7.65. The fourth-order valence-electron chi connectivity index (χ4n) is 1.84. The number of rotatable bonds is 2. The van der Waals surface area contributed by atoms with Crippen LogP contribution >= 0.6 is 15.9 Å². The van der Waals surface area contributed by atoms with Crippen molar-refractivity contribution in [3.63, 3.8) is 0 Å². The van der Waals surface area contributed by atoms with Crippen molar-refractivity contribution in [3.8, 4) is 0 Å². The number of halogens is 1. The first-order valence-electron chi connectivity index (χ1n) is 4.99. The van der Waals surface area contributed by atoms with Crippen LogP contribution in [-0.4, -0.2) is 28.8 Å². The van der Waals surface area contributed by atoms with Gasteiger partial charge in [-0.2, -0.15) is 5.10 Å². The summed E-state index contributed by atoms with van der Waals surface area (Å²) in [7, 11) is 1.79.